The van der Waals surface area contributed by atoms with Crippen molar-refractivity contribution in [3.8, 4) is 11.5 Å². The van der Waals surface area contributed by atoms with E-state index in [0.717, 1.165) is 29.5 Å². The number of benzene rings is 1. The lowest BCUT2D eigenvalue weighted by molar-refractivity contribution is -0.129. The Labute approximate surface area is 139 Å². The molecule has 0 saturated carbocycles. The average molecular weight is 373 g/mol. The largest absolute Gasteiger partial charge is 0.504 e. The highest BCUT2D eigenvalue weighted by atomic mass is 32.2. The summed E-state index contributed by atoms with van der Waals surface area (Å²) in [5, 5.41) is 32.3. The molecular formula is C12H11N3O7S2. The number of carbonyl (C=O) groups is 1. The normalized spacial score (nSPS) is 12.1. The van der Waals surface area contributed by atoms with Crippen LogP contribution in [0.1, 0.15) is 5.69 Å². The van der Waals surface area contributed by atoms with Crippen LogP contribution in [0.3, 0.4) is 0 Å². The maximum Gasteiger partial charge on any atom is 0.360 e. The van der Waals surface area contributed by atoms with Gasteiger partial charge in [-0.15, -0.1) is 11.3 Å². The molecule has 5 N–H and O–H groups in total. The van der Waals surface area contributed by atoms with Crippen LogP contribution in [0.2, 0.25) is 0 Å². The Morgan fingerprint density at radius 1 is 1.33 bits per heavy atom. The zero-order valence-electron chi connectivity index (χ0n) is 11.8. The van der Waals surface area contributed by atoms with Crippen LogP contribution in [0.4, 0.5) is 5.13 Å². The summed E-state index contributed by atoms with van der Waals surface area (Å²) in [4.78, 5) is 19.1. The number of nitrogens with two attached hydrogens (primary N) is 1. The Balaban J connectivity index is 2.18. The van der Waals surface area contributed by atoms with Gasteiger partial charge in [-0.1, -0.05) is 5.16 Å². The smallest absolute Gasteiger partial charge is 0.360 e. The summed E-state index contributed by atoms with van der Waals surface area (Å²) < 4.78 is 24.0. The monoisotopic (exact) mass is 373 g/mol. The maximum absolute atomic E-state index is 12.0. The number of aromatic nitrogens is 1. The number of carboxylic acid groups (broad SMARTS) is 1. The predicted octanol–water partition coefficient (Wildman–Crippen LogP) is 0.373. The van der Waals surface area contributed by atoms with Crippen molar-refractivity contribution >= 4 is 38.0 Å². The molecule has 12 heteroatoms. The van der Waals surface area contributed by atoms with Gasteiger partial charge in [-0.05, 0) is 12.1 Å². The second-order valence-electron chi connectivity index (χ2n) is 4.33. The van der Waals surface area contributed by atoms with Crippen molar-refractivity contribution in [3.05, 3.63) is 29.3 Å². The number of hydrogen-bond donors (Lipinski definition) is 4. The third-order valence-corrected chi connectivity index (χ3v) is 4.70. The van der Waals surface area contributed by atoms with Crippen LogP contribution in [0.15, 0.2) is 33.6 Å². The molecular weight excluding hydrogens is 362 g/mol. The lowest BCUT2D eigenvalue weighted by atomic mass is 10.3. The minimum Gasteiger partial charge on any atom is -0.504 e. The van der Waals surface area contributed by atoms with E-state index >= 15 is 0 Å². The Kier molecular flexibility index (Phi) is 4.90. The van der Waals surface area contributed by atoms with E-state index in [1.807, 2.05) is 0 Å². The number of phenols is 2. The van der Waals surface area contributed by atoms with Gasteiger partial charge in [0, 0.05) is 11.4 Å². The van der Waals surface area contributed by atoms with Gasteiger partial charge in [0.1, 0.15) is 5.69 Å². The average Bonchev–Trinajstić information content (AvgIpc) is 2.92. The fraction of sp³-hybridized carbons (Fsp3) is 0.0833. The first-order valence-corrected chi connectivity index (χ1v) is 8.63. The molecule has 1 aromatic carbocycles. The molecule has 0 fully saturated rings. The number of oxime groups is 1. The highest BCUT2D eigenvalue weighted by Gasteiger charge is 2.20. The number of aliphatic carboxylic acids is 1. The van der Waals surface area contributed by atoms with Gasteiger partial charge >= 0.3 is 5.97 Å². The molecule has 0 aliphatic rings. The van der Waals surface area contributed by atoms with Crippen molar-refractivity contribution in [2.24, 2.45) is 5.16 Å². The van der Waals surface area contributed by atoms with Crippen molar-refractivity contribution in [3.63, 3.8) is 0 Å². The zero-order valence-corrected chi connectivity index (χ0v) is 13.4. The first kappa shape index (κ1) is 17.5. The third kappa shape index (κ3) is 3.91. The molecule has 10 nitrogen and oxygen atoms in total. The van der Waals surface area contributed by atoms with Crippen molar-refractivity contribution in [1.82, 2.24) is 4.98 Å². The van der Waals surface area contributed by atoms with Gasteiger partial charge in [0.25, 0.3) is 0 Å². The molecule has 0 spiro atoms. The number of anilines is 1. The van der Waals surface area contributed by atoms with Crippen LogP contribution in [0.5, 0.6) is 11.5 Å². The summed E-state index contributed by atoms with van der Waals surface area (Å²) in [7, 11) is -4.03. The molecule has 1 heterocycles. The molecule has 0 amide bonds. The molecule has 0 unspecified atom stereocenters. The Hall–Kier alpha value is -2.86. The van der Waals surface area contributed by atoms with E-state index in [9.17, 15) is 18.3 Å². The molecule has 0 saturated heterocycles. The first-order valence-electron chi connectivity index (χ1n) is 6.10. The topological polar surface area (TPSA) is 172 Å². The Morgan fingerprint density at radius 3 is 2.58 bits per heavy atom. The van der Waals surface area contributed by atoms with Crippen LogP contribution >= 0.6 is 11.3 Å². The minimum absolute atomic E-state index is 0.0651. The number of sulfone groups is 1. The fourth-order valence-electron chi connectivity index (χ4n) is 1.52. The summed E-state index contributed by atoms with van der Waals surface area (Å²) in [6, 6.07) is 2.87. The third-order valence-electron chi connectivity index (χ3n) is 2.64. The van der Waals surface area contributed by atoms with Crippen molar-refractivity contribution < 1.29 is 33.4 Å². The fourth-order valence-corrected chi connectivity index (χ4v) is 2.96. The summed E-state index contributed by atoms with van der Waals surface area (Å²) in [6.45, 7) is 0. The van der Waals surface area contributed by atoms with E-state index in [1.54, 1.807) is 0 Å². The van der Waals surface area contributed by atoms with Crippen LogP contribution in [0.25, 0.3) is 0 Å². The van der Waals surface area contributed by atoms with E-state index < -0.39 is 39.0 Å². The number of rotatable bonds is 6. The van der Waals surface area contributed by atoms with E-state index in [2.05, 4.69) is 15.0 Å². The summed E-state index contributed by atoms with van der Waals surface area (Å²) >= 11 is 0.986. The standard InChI is InChI=1S/C12H11N3O7S2/c13-12-14-7(4-23-12)10(11(18)19)15-22-5-24(20,21)6-1-2-8(16)9(17)3-6/h1-4,16-17H,5H2,(H2,13,14)(H,18,19)/b15-10+. The van der Waals surface area contributed by atoms with Gasteiger partial charge in [0.05, 0.1) is 4.90 Å². The SMILES string of the molecule is Nc1nc(/C(=N\OCS(=O)(=O)c2ccc(O)c(O)c2)C(=O)O)cs1. The Morgan fingerprint density at radius 2 is 2.04 bits per heavy atom. The molecule has 24 heavy (non-hydrogen) atoms. The van der Waals surface area contributed by atoms with Gasteiger partial charge in [0.15, 0.2) is 16.6 Å². The molecule has 0 atom stereocenters. The van der Waals surface area contributed by atoms with Crippen LogP contribution in [-0.4, -0.2) is 46.3 Å². The summed E-state index contributed by atoms with van der Waals surface area (Å²) in [5.74, 6) is -3.56. The van der Waals surface area contributed by atoms with Gasteiger partial charge in [-0.3, -0.25) is 0 Å². The zero-order chi connectivity index (χ0) is 17.9. The molecule has 0 radical (unpaired) electrons. The second-order valence-corrected chi connectivity index (χ2v) is 7.15. The molecule has 2 rings (SSSR count). The highest BCUT2D eigenvalue weighted by molar-refractivity contribution is 7.91. The van der Waals surface area contributed by atoms with Crippen LogP contribution in [0, 0.1) is 0 Å². The van der Waals surface area contributed by atoms with E-state index in [1.165, 1.54) is 5.38 Å². The quantitative estimate of drug-likeness (QED) is 0.317. The number of hydrogen-bond acceptors (Lipinski definition) is 10. The lowest BCUT2D eigenvalue weighted by Crippen LogP contribution is -2.17. The van der Waals surface area contributed by atoms with Crippen molar-refractivity contribution in [2.45, 2.75) is 4.90 Å². The first-order chi connectivity index (χ1) is 11.2. The van der Waals surface area contributed by atoms with Gasteiger partial charge < -0.3 is 25.9 Å². The predicted molar refractivity (Wildman–Crippen MR) is 83.6 cm³/mol. The summed E-state index contributed by atoms with van der Waals surface area (Å²) in [5.41, 5.74) is 4.73. The van der Waals surface area contributed by atoms with E-state index in [0.29, 0.717) is 0 Å². The number of carboxylic acids is 1. The maximum atomic E-state index is 12.0. The van der Waals surface area contributed by atoms with E-state index in [-0.39, 0.29) is 15.7 Å². The van der Waals surface area contributed by atoms with Crippen LogP contribution < -0.4 is 5.73 Å². The molecule has 0 aliphatic heterocycles. The lowest BCUT2D eigenvalue weighted by Gasteiger charge is -2.05. The molecule has 1 aromatic heterocycles. The van der Waals surface area contributed by atoms with Crippen molar-refractivity contribution in [1.29, 1.82) is 0 Å². The minimum atomic E-state index is -4.03. The van der Waals surface area contributed by atoms with E-state index in [4.69, 9.17) is 15.9 Å². The number of nitrogen functional groups attached to an aromatic ring is 1. The van der Waals surface area contributed by atoms with Crippen molar-refractivity contribution in [2.75, 3.05) is 11.7 Å². The molecule has 0 aliphatic carbocycles. The highest BCUT2D eigenvalue weighted by Crippen LogP contribution is 2.27. The number of nitrogens with zero attached hydrogens (tertiary/aromatic N) is 2. The molecule has 128 valence electrons. The Bertz CT molecular complexity index is 905. The van der Waals surface area contributed by atoms with Gasteiger partial charge in [0.2, 0.25) is 21.5 Å². The molecule has 2 aromatic rings. The second kappa shape index (κ2) is 6.72. The summed E-state index contributed by atoms with van der Waals surface area (Å²) in [6.07, 6.45) is 0. The van der Waals surface area contributed by atoms with Gasteiger partial charge in [-0.2, -0.15) is 0 Å². The number of phenolic OH excluding ortho intramolecular Hbond substituents is 2. The number of thiazole rings is 1. The van der Waals surface area contributed by atoms with Gasteiger partial charge in [-0.25, -0.2) is 18.2 Å². The molecule has 0 bridgehead atoms. The van der Waals surface area contributed by atoms with Crippen LogP contribution in [-0.2, 0) is 19.5 Å². The number of aromatic hydroxyl groups is 2.